The molecule has 0 bridgehead atoms. The van der Waals surface area contributed by atoms with Gasteiger partial charge in [0.05, 0.1) is 11.3 Å². The first-order valence-corrected chi connectivity index (χ1v) is 6.85. The average molecular weight is 311 g/mol. The van der Waals surface area contributed by atoms with Gasteiger partial charge in [0.25, 0.3) is 5.91 Å². The first-order valence-electron chi connectivity index (χ1n) is 6.85. The van der Waals surface area contributed by atoms with Crippen molar-refractivity contribution in [3.63, 3.8) is 0 Å². The molecule has 0 saturated carbocycles. The van der Waals surface area contributed by atoms with Crippen molar-refractivity contribution in [1.82, 2.24) is 14.9 Å². The number of amides is 1. The largest absolute Gasteiger partial charge is 0.370 e. The van der Waals surface area contributed by atoms with Gasteiger partial charge in [-0.05, 0) is 25.1 Å². The van der Waals surface area contributed by atoms with Crippen LogP contribution in [-0.4, -0.2) is 21.4 Å². The van der Waals surface area contributed by atoms with Gasteiger partial charge in [0.1, 0.15) is 11.3 Å². The Balaban J connectivity index is 2.11. The minimum atomic E-state index is -0.475. The average Bonchev–Trinajstić information content (AvgIpc) is 2.96. The highest BCUT2D eigenvalue weighted by Crippen LogP contribution is 2.24. The zero-order chi connectivity index (χ0) is 16.6. The molecule has 0 saturated heterocycles. The number of hydrogen-bond donors (Lipinski definition) is 3. The number of fused-ring (bicyclic) bond motifs is 1. The molecule has 0 atom stereocenters. The van der Waals surface area contributed by atoms with Crippen LogP contribution in [0.3, 0.4) is 0 Å². The van der Waals surface area contributed by atoms with E-state index in [2.05, 4.69) is 10.3 Å². The third-order valence-electron chi connectivity index (χ3n) is 3.38. The molecule has 4 N–H and O–H groups in total. The number of hydrogen-bond acceptors (Lipinski definition) is 3. The summed E-state index contributed by atoms with van der Waals surface area (Å²) in [5, 5.41) is 9.95. The number of nitrogens with zero attached hydrogens (tertiary/aromatic N) is 2. The fourth-order valence-electron chi connectivity index (χ4n) is 2.41. The molecule has 2 heterocycles. The fraction of sp³-hybridized carbons (Fsp3) is 0.0625. The van der Waals surface area contributed by atoms with Crippen LogP contribution in [0.1, 0.15) is 16.1 Å². The van der Waals surface area contributed by atoms with Crippen molar-refractivity contribution in [2.75, 3.05) is 0 Å². The van der Waals surface area contributed by atoms with Crippen LogP contribution >= 0.6 is 0 Å². The minimum absolute atomic E-state index is 0.283. The predicted molar refractivity (Wildman–Crippen MR) is 85.1 cm³/mol. The molecule has 3 rings (SSSR count). The first-order chi connectivity index (χ1) is 11.0. The van der Waals surface area contributed by atoms with E-state index in [1.165, 1.54) is 6.07 Å². The number of benzene rings is 1. The van der Waals surface area contributed by atoms with E-state index in [4.69, 9.17) is 11.1 Å². The van der Waals surface area contributed by atoms with Crippen LogP contribution in [0.25, 0.3) is 16.6 Å². The lowest BCUT2D eigenvalue weighted by Gasteiger charge is -2.09. The Morgan fingerprint density at radius 1 is 1.39 bits per heavy atom. The predicted octanol–water partition coefficient (Wildman–Crippen LogP) is 2.10. The Morgan fingerprint density at radius 2 is 2.17 bits per heavy atom. The van der Waals surface area contributed by atoms with Crippen LogP contribution in [0, 0.1) is 18.2 Å². The lowest BCUT2D eigenvalue weighted by atomic mass is 10.1. The molecule has 0 unspecified atom stereocenters. The van der Waals surface area contributed by atoms with Crippen molar-refractivity contribution in [3.8, 4) is 5.69 Å². The molecule has 7 heteroatoms. The quantitative estimate of drug-likeness (QED) is 0.499. The van der Waals surface area contributed by atoms with E-state index in [1.54, 1.807) is 42.1 Å². The highest BCUT2D eigenvalue weighted by atomic mass is 19.1. The molecule has 6 nitrogen and oxygen atoms in total. The Kier molecular flexibility index (Phi) is 3.53. The zero-order valence-corrected chi connectivity index (χ0v) is 12.3. The van der Waals surface area contributed by atoms with Crippen molar-refractivity contribution in [2.45, 2.75) is 6.92 Å². The molecule has 0 fully saturated rings. The number of para-hydroxylation sites is 1. The van der Waals surface area contributed by atoms with E-state index in [-0.39, 0.29) is 5.52 Å². The van der Waals surface area contributed by atoms with E-state index in [1.807, 2.05) is 6.07 Å². The van der Waals surface area contributed by atoms with Crippen LogP contribution in [0.5, 0.6) is 0 Å². The fourth-order valence-corrected chi connectivity index (χ4v) is 2.41. The highest BCUT2D eigenvalue weighted by molar-refractivity contribution is 6.04. The molecule has 23 heavy (non-hydrogen) atoms. The maximum absolute atomic E-state index is 14.0. The van der Waals surface area contributed by atoms with E-state index in [9.17, 15) is 9.18 Å². The van der Waals surface area contributed by atoms with E-state index >= 15 is 0 Å². The number of carbonyl (C=O) groups excluding carboxylic acids is 1. The van der Waals surface area contributed by atoms with Crippen LogP contribution in [-0.2, 0) is 0 Å². The first kappa shape index (κ1) is 14.7. The molecule has 0 spiro atoms. The van der Waals surface area contributed by atoms with Gasteiger partial charge in [-0.2, -0.15) is 0 Å². The Hall–Kier alpha value is -3.22. The van der Waals surface area contributed by atoms with Gasteiger partial charge >= 0.3 is 0 Å². The number of carbonyl (C=O) groups is 1. The van der Waals surface area contributed by atoms with Crippen molar-refractivity contribution in [3.05, 3.63) is 59.8 Å². The van der Waals surface area contributed by atoms with Crippen LogP contribution in [0.15, 0.2) is 42.7 Å². The number of rotatable bonds is 2. The zero-order valence-electron chi connectivity index (χ0n) is 12.3. The smallest absolute Gasteiger partial charge is 0.259 e. The summed E-state index contributed by atoms with van der Waals surface area (Å²) >= 11 is 0. The summed E-state index contributed by atoms with van der Waals surface area (Å²) in [6.07, 6.45) is 3.28. The van der Waals surface area contributed by atoms with Crippen molar-refractivity contribution < 1.29 is 9.18 Å². The number of nitrogens with two attached hydrogens (primary N) is 1. The van der Waals surface area contributed by atoms with Gasteiger partial charge in [-0.15, -0.1) is 0 Å². The molecule has 116 valence electrons. The molecule has 1 amide bonds. The molecule has 0 aliphatic heterocycles. The third-order valence-corrected chi connectivity index (χ3v) is 3.38. The number of guanidine groups is 1. The summed E-state index contributed by atoms with van der Waals surface area (Å²) in [5.74, 6) is -1.29. The summed E-state index contributed by atoms with van der Waals surface area (Å²) in [6.45, 7) is 1.78. The van der Waals surface area contributed by atoms with Gasteiger partial charge in [0.15, 0.2) is 5.96 Å². The molecule has 1 aromatic carbocycles. The number of pyridine rings is 1. The van der Waals surface area contributed by atoms with Crippen LogP contribution < -0.4 is 11.1 Å². The molecule has 0 radical (unpaired) electrons. The van der Waals surface area contributed by atoms with Crippen molar-refractivity contribution in [2.24, 2.45) is 5.73 Å². The minimum Gasteiger partial charge on any atom is -0.370 e. The van der Waals surface area contributed by atoms with Crippen LogP contribution in [0.4, 0.5) is 4.39 Å². The Bertz CT molecular complexity index is 931. The molecule has 0 aliphatic rings. The van der Waals surface area contributed by atoms with E-state index in [0.29, 0.717) is 22.3 Å². The van der Waals surface area contributed by atoms with Gasteiger partial charge in [0.2, 0.25) is 0 Å². The summed E-state index contributed by atoms with van der Waals surface area (Å²) < 4.78 is 15.7. The lowest BCUT2D eigenvalue weighted by Crippen LogP contribution is -2.35. The van der Waals surface area contributed by atoms with Crippen molar-refractivity contribution in [1.29, 1.82) is 5.41 Å². The summed E-state index contributed by atoms with van der Waals surface area (Å²) in [7, 11) is 0. The standard InChI is InChI=1S/C16H14FN5O/c1-9-7-13(11-3-2-4-12(17)14(11)20-9)22-6-5-10(8-22)15(23)21-16(18)19/h2-8H,1H3,(H4,18,19,21,23). The molecule has 0 aliphatic carbocycles. The topological polar surface area (TPSA) is 96.8 Å². The van der Waals surface area contributed by atoms with E-state index < -0.39 is 17.7 Å². The second kappa shape index (κ2) is 5.53. The number of aryl methyl sites for hydroxylation is 1. The number of nitrogens with one attached hydrogen (secondary N) is 2. The SMILES string of the molecule is Cc1cc(-n2ccc(C(=O)NC(=N)N)c2)c2cccc(F)c2n1. The van der Waals surface area contributed by atoms with Gasteiger partial charge in [-0.25, -0.2) is 9.37 Å². The van der Waals surface area contributed by atoms with Crippen molar-refractivity contribution >= 4 is 22.8 Å². The normalized spacial score (nSPS) is 10.7. The lowest BCUT2D eigenvalue weighted by molar-refractivity contribution is 0.0976. The maximum atomic E-state index is 14.0. The molecule has 3 aromatic rings. The van der Waals surface area contributed by atoms with Crippen LogP contribution in [0.2, 0.25) is 0 Å². The Labute approximate surface area is 131 Å². The molecule has 2 aromatic heterocycles. The van der Waals surface area contributed by atoms with Gasteiger partial charge < -0.3 is 10.3 Å². The maximum Gasteiger partial charge on any atom is 0.259 e. The van der Waals surface area contributed by atoms with E-state index in [0.717, 1.165) is 0 Å². The summed E-state index contributed by atoms with van der Waals surface area (Å²) in [6, 6.07) is 8.16. The Morgan fingerprint density at radius 3 is 2.91 bits per heavy atom. The third kappa shape index (κ3) is 2.76. The second-order valence-corrected chi connectivity index (χ2v) is 5.09. The summed E-state index contributed by atoms with van der Waals surface area (Å²) in [4.78, 5) is 16.1. The molecular formula is C16H14FN5O. The number of halogens is 1. The number of aromatic nitrogens is 2. The monoisotopic (exact) mass is 311 g/mol. The second-order valence-electron chi connectivity index (χ2n) is 5.09. The molecular weight excluding hydrogens is 297 g/mol. The highest BCUT2D eigenvalue weighted by Gasteiger charge is 2.12. The van der Waals surface area contributed by atoms with Gasteiger partial charge in [-0.1, -0.05) is 12.1 Å². The van der Waals surface area contributed by atoms with Gasteiger partial charge in [-0.3, -0.25) is 15.5 Å². The summed E-state index contributed by atoms with van der Waals surface area (Å²) in [5.41, 5.74) is 7.17. The van der Waals surface area contributed by atoms with Gasteiger partial charge in [0, 0.05) is 23.5 Å².